The molecular weight excluding hydrogens is 232 g/mol. The lowest BCUT2D eigenvalue weighted by atomic mass is 10.1. The molecule has 2 aromatic rings. The summed E-state index contributed by atoms with van der Waals surface area (Å²) >= 11 is 0. The first kappa shape index (κ1) is 11.9. The predicted molar refractivity (Wildman–Crippen MR) is 66.1 cm³/mol. The molecule has 4 heteroatoms. The third kappa shape index (κ3) is 2.25. The molecule has 0 aliphatic carbocycles. The normalized spacial score (nSPS) is 10.0. The van der Waals surface area contributed by atoms with E-state index < -0.39 is 11.6 Å². The van der Waals surface area contributed by atoms with Gasteiger partial charge in [-0.1, -0.05) is 5.92 Å². The fraction of sp³-hybridized carbons (Fsp3) is 0.143. The van der Waals surface area contributed by atoms with Crippen molar-refractivity contribution in [3.63, 3.8) is 0 Å². The average molecular weight is 242 g/mol. The third-order valence-corrected chi connectivity index (χ3v) is 2.56. The van der Waals surface area contributed by atoms with Crippen molar-refractivity contribution < 1.29 is 13.9 Å². The molecule has 1 aromatic heterocycles. The smallest absolute Gasteiger partial charge is 0.336 e. The molecule has 2 rings (SSSR count). The Morgan fingerprint density at radius 3 is 2.89 bits per heavy atom. The van der Waals surface area contributed by atoms with Gasteiger partial charge in [-0.25, -0.2) is 4.79 Å². The largest absolute Gasteiger partial charge is 0.469 e. The number of methoxy groups -OCH3 is 1. The minimum absolute atomic E-state index is 0.0218. The summed E-state index contributed by atoms with van der Waals surface area (Å²) in [6.45, 7) is 0. The van der Waals surface area contributed by atoms with Gasteiger partial charge in [-0.2, -0.15) is 0 Å². The molecule has 0 unspecified atom stereocenters. The summed E-state index contributed by atoms with van der Waals surface area (Å²) < 4.78 is 9.64. The van der Waals surface area contributed by atoms with Crippen LogP contribution in [0.5, 0.6) is 0 Å². The van der Waals surface area contributed by atoms with E-state index in [-0.39, 0.29) is 6.42 Å². The van der Waals surface area contributed by atoms with E-state index in [0.29, 0.717) is 22.1 Å². The Hall–Kier alpha value is -2.54. The van der Waals surface area contributed by atoms with E-state index in [2.05, 4.69) is 10.7 Å². The highest BCUT2D eigenvalue weighted by Gasteiger charge is 2.10. The van der Waals surface area contributed by atoms with Crippen LogP contribution in [0.15, 0.2) is 33.5 Å². The van der Waals surface area contributed by atoms with Gasteiger partial charge in [-0.15, -0.1) is 6.42 Å². The zero-order valence-electron chi connectivity index (χ0n) is 9.73. The van der Waals surface area contributed by atoms with E-state index in [4.69, 9.17) is 10.8 Å². The lowest BCUT2D eigenvalue weighted by Gasteiger charge is -2.04. The molecule has 0 aliphatic rings. The van der Waals surface area contributed by atoms with E-state index in [0.717, 1.165) is 0 Å². The van der Waals surface area contributed by atoms with Crippen LogP contribution in [0.2, 0.25) is 0 Å². The van der Waals surface area contributed by atoms with Crippen molar-refractivity contribution in [1.29, 1.82) is 0 Å². The van der Waals surface area contributed by atoms with Gasteiger partial charge >= 0.3 is 11.6 Å². The molecule has 18 heavy (non-hydrogen) atoms. The lowest BCUT2D eigenvalue weighted by molar-refractivity contribution is -0.139. The molecule has 0 saturated carbocycles. The molecule has 0 spiro atoms. The molecule has 0 N–H and O–H groups in total. The Morgan fingerprint density at radius 2 is 2.22 bits per heavy atom. The second-order valence-electron chi connectivity index (χ2n) is 3.70. The minimum atomic E-state index is -0.518. The monoisotopic (exact) mass is 242 g/mol. The number of esters is 1. The molecule has 90 valence electrons. The van der Waals surface area contributed by atoms with E-state index in [9.17, 15) is 9.59 Å². The minimum Gasteiger partial charge on any atom is -0.469 e. The highest BCUT2D eigenvalue weighted by atomic mass is 16.5. The number of carbonyl (C=O) groups is 1. The quantitative estimate of drug-likeness (QED) is 0.455. The van der Waals surface area contributed by atoms with Crippen LogP contribution in [0.4, 0.5) is 0 Å². The number of fused-ring (bicyclic) bond motifs is 1. The van der Waals surface area contributed by atoms with E-state index in [1.807, 2.05) is 0 Å². The van der Waals surface area contributed by atoms with Crippen LogP contribution < -0.4 is 5.63 Å². The first-order valence-electron chi connectivity index (χ1n) is 5.24. The van der Waals surface area contributed by atoms with Crippen LogP contribution in [0.3, 0.4) is 0 Å². The van der Waals surface area contributed by atoms with E-state index >= 15 is 0 Å². The van der Waals surface area contributed by atoms with Crippen molar-refractivity contribution in [1.82, 2.24) is 0 Å². The third-order valence-electron chi connectivity index (χ3n) is 2.56. The van der Waals surface area contributed by atoms with Crippen LogP contribution in [-0.4, -0.2) is 13.1 Å². The number of benzene rings is 1. The van der Waals surface area contributed by atoms with Crippen LogP contribution in [-0.2, 0) is 16.0 Å². The number of carbonyl (C=O) groups excluding carboxylic acids is 1. The molecule has 0 atom stereocenters. The van der Waals surface area contributed by atoms with Crippen LogP contribution in [0.1, 0.15) is 11.1 Å². The molecule has 0 radical (unpaired) electrons. The van der Waals surface area contributed by atoms with Crippen molar-refractivity contribution in [3.8, 4) is 12.3 Å². The average Bonchev–Trinajstić information content (AvgIpc) is 2.37. The summed E-state index contributed by atoms with van der Waals surface area (Å²) in [7, 11) is 1.30. The summed E-state index contributed by atoms with van der Waals surface area (Å²) in [4.78, 5) is 22.7. The molecule has 0 aliphatic heterocycles. The Morgan fingerprint density at radius 1 is 1.44 bits per heavy atom. The van der Waals surface area contributed by atoms with Crippen molar-refractivity contribution in [2.24, 2.45) is 0 Å². The lowest BCUT2D eigenvalue weighted by Crippen LogP contribution is -2.08. The maximum absolute atomic E-state index is 11.4. The number of hydrogen-bond donors (Lipinski definition) is 0. The number of ether oxygens (including phenoxy) is 1. The summed E-state index contributed by atoms with van der Waals surface area (Å²) in [5.74, 6) is 2.04. The Labute approximate surface area is 103 Å². The maximum atomic E-state index is 11.4. The Kier molecular flexibility index (Phi) is 3.16. The van der Waals surface area contributed by atoms with Crippen LogP contribution >= 0.6 is 0 Å². The van der Waals surface area contributed by atoms with E-state index in [1.54, 1.807) is 18.2 Å². The van der Waals surface area contributed by atoms with Gasteiger partial charge in [0.25, 0.3) is 0 Å². The Bertz CT molecular complexity index is 704. The maximum Gasteiger partial charge on any atom is 0.336 e. The van der Waals surface area contributed by atoms with Gasteiger partial charge < -0.3 is 9.15 Å². The fourth-order valence-electron chi connectivity index (χ4n) is 1.69. The van der Waals surface area contributed by atoms with Crippen molar-refractivity contribution in [2.45, 2.75) is 6.42 Å². The van der Waals surface area contributed by atoms with Gasteiger partial charge in [0.1, 0.15) is 5.58 Å². The molecule has 0 amide bonds. The predicted octanol–water partition coefficient (Wildman–Crippen LogP) is 1.49. The second-order valence-corrected chi connectivity index (χ2v) is 3.70. The Balaban J connectivity index is 2.63. The van der Waals surface area contributed by atoms with Gasteiger partial charge in [-0.3, -0.25) is 4.79 Å². The molecule has 0 bridgehead atoms. The molecule has 0 saturated heterocycles. The first-order valence-corrected chi connectivity index (χ1v) is 5.24. The van der Waals surface area contributed by atoms with Crippen LogP contribution in [0, 0.1) is 12.3 Å². The highest BCUT2D eigenvalue weighted by Crippen LogP contribution is 2.19. The standard InChI is InChI=1S/C14H10O4/c1-3-9-4-5-11-10(7-13(15)17-2)8-14(16)18-12(11)6-9/h1,4-6,8H,7H2,2H3. The first-order chi connectivity index (χ1) is 8.63. The van der Waals surface area contributed by atoms with Gasteiger partial charge in [0.15, 0.2) is 0 Å². The van der Waals surface area contributed by atoms with Crippen molar-refractivity contribution in [2.75, 3.05) is 7.11 Å². The van der Waals surface area contributed by atoms with Crippen molar-refractivity contribution >= 4 is 16.9 Å². The zero-order chi connectivity index (χ0) is 13.1. The number of terminal acetylenes is 1. The highest BCUT2D eigenvalue weighted by molar-refractivity contribution is 5.85. The van der Waals surface area contributed by atoms with E-state index in [1.165, 1.54) is 13.2 Å². The van der Waals surface area contributed by atoms with Crippen molar-refractivity contribution in [3.05, 3.63) is 45.8 Å². The molecular formula is C14H10O4. The molecule has 1 heterocycles. The molecule has 1 aromatic carbocycles. The zero-order valence-corrected chi connectivity index (χ0v) is 9.73. The number of hydrogen-bond acceptors (Lipinski definition) is 4. The SMILES string of the molecule is C#Cc1ccc2c(CC(=O)OC)cc(=O)oc2c1. The summed E-state index contributed by atoms with van der Waals surface area (Å²) in [5.41, 5.74) is 1.03. The van der Waals surface area contributed by atoms with Gasteiger partial charge in [0, 0.05) is 17.0 Å². The van der Waals surface area contributed by atoms with Gasteiger partial charge in [0.05, 0.1) is 13.5 Å². The fourth-order valence-corrected chi connectivity index (χ4v) is 1.69. The van der Waals surface area contributed by atoms with Crippen LogP contribution in [0.25, 0.3) is 11.0 Å². The topological polar surface area (TPSA) is 56.5 Å². The summed E-state index contributed by atoms with van der Waals surface area (Å²) in [6.07, 6.45) is 5.30. The van der Waals surface area contributed by atoms with Gasteiger partial charge in [0.2, 0.25) is 0 Å². The number of rotatable bonds is 2. The molecule has 4 nitrogen and oxygen atoms in total. The second kappa shape index (κ2) is 4.76. The summed E-state index contributed by atoms with van der Waals surface area (Å²) in [5, 5.41) is 0.680. The van der Waals surface area contributed by atoms with Gasteiger partial charge in [-0.05, 0) is 23.8 Å². The summed E-state index contributed by atoms with van der Waals surface area (Å²) in [6, 6.07) is 6.33. The molecule has 0 fully saturated rings.